The van der Waals surface area contributed by atoms with E-state index in [0.29, 0.717) is 15.7 Å². The van der Waals surface area contributed by atoms with Gasteiger partial charge in [0, 0.05) is 25.5 Å². The highest BCUT2D eigenvalue weighted by Crippen LogP contribution is 2.46. The number of fused-ring (bicyclic) bond motifs is 1. The zero-order chi connectivity index (χ0) is 21.6. The first-order valence-electron chi connectivity index (χ1n) is 9.13. The Bertz CT molecular complexity index is 1090. The van der Waals surface area contributed by atoms with Crippen LogP contribution in [0.3, 0.4) is 0 Å². The summed E-state index contributed by atoms with van der Waals surface area (Å²) in [6, 6.07) is 13.6. The fourth-order valence-corrected chi connectivity index (χ4v) is 5.38. The van der Waals surface area contributed by atoms with E-state index in [2.05, 4.69) is 0 Å². The molecular weight excluding hydrogens is 442 g/mol. The van der Waals surface area contributed by atoms with Crippen LogP contribution in [-0.2, 0) is 16.0 Å². The summed E-state index contributed by atoms with van der Waals surface area (Å²) in [7, 11) is 3.70. The van der Waals surface area contributed by atoms with Crippen molar-refractivity contribution in [2.75, 3.05) is 23.9 Å². The molecule has 1 unspecified atom stereocenters. The number of carbonyl (C=O) groups is 2. The molecule has 6 nitrogen and oxygen atoms in total. The quantitative estimate of drug-likeness (QED) is 0.548. The number of halogens is 1. The van der Waals surface area contributed by atoms with E-state index >= 15 is 0 Å². The molecule has 2 aromatic rings. The van der Waals surface area contributed by atoms with Crippen LogP contribution in [-0.4, -0.2) is 46.3 Å². The molecule has 154 valence electrons. The van der Waals surface area contributed by atoms with Gasteiger partial charge in [0.25, 0.3) is 5.91 Å². The highest BCUT2D eigenvalue weighted by atomic mass is 35.5. The van der Waals surface area contributed by atoms with E-state index in [9.17, 15) is 14.7 Å². The van der Waals surface area contributed by atoms with Gasteiger partial charge in [-0.15, -0.1) is 0 Å². The van der Waals surface area contributed by atoms with E-state index in [1.807, 2.05) is 66.4 Å². The predicted molar refractivity (Wildman–Crippen MR) is 124 cm³/mol. The molecule has 0 radical (unpaired) electrons. The molecule has 2 aliphatic heterocycles. The monoisotopic (exact) mass is 459 g/mol. The van der Waals surface area contributed by atoms with Crippen LogP contribution in [0.1, 0.15) is 5.56 Å². The number of thiocarbonyl (C=S) groups is 1. The van der Waals surface area contributed by atoms with Crippen molar-refractivity contribution < 1.29 is 14.7 Å². The minimum Gasteiger partial charge on any atom is -0.480 e. The SMILES string of the molecule is CN1/C(=C2/SC(=S)N(C(Cc3ccccc3)C(=O)O)C2=O)N(C)c2cc(Cl)ccc21. The third kappa shape index (κ3) is 3.45. The lowest BCUT2D eigenvalue weighted by atomic mass is 10.0. The maximum atomic E-state index is 13.4. The van der Waals surface area contributed by atoms with Crippen LogP contribution in [0.25, 0.3) is 0 Å². The number of aliphatic carboxylic acids is 1. The summed E-state index contributed by atoms with van der Waals surface area (Å²) in [6.45, 7) is 0. The van der Waals surface area contributed by atoms with Crippen LogP contribution in [0, 0.1) is 0 Å². The van der Waals surface area contributed by atoms with Crippen LogP contribution in [0.2, 0.25) is 5.02 Å². The molecule has 1 atom stereocenters. The van der Waals surface area contributed by atoms with Crippen molar-refractivity contribution in [3.63, 3.8) is 0 Å². The highest BCUT2D eigenvalue weighted by molar-refractivity contribution is 8.26. The molecule has 0 saturated carbocycles. The van der Waals surface area contributed by atoms with Crippen LogP contribution in [0.15, 0.2) is 59.3 Å². The number of nitrogens with zero attached hydrogens (tertiary/aromatic N) is 3. The van der Waals surface area contributed by atoms with Gasteiger partial charge >= 0.3 is 5.97 Å². The van der Waals surface area contributed by atoms with E-state index in [1.54, 1.807) is 6.07 Å². The standard InChI is InChI=1S/C21H18ClN3O3S2/c1-23-14-9-8-13(22)11-15(14)24(2)18(23)17-19(26)25(21(29)30-17)16(20(27)28)10-12-6-4-3-5-7-12/h3-9,11,16H,10H2,1-2H3,(H,27,28)/b18-17-. The van der Waals surface area contributed by atoms with Gasteiger partial charge in [-0.05, 0) is 23.8 Å². The Balaban J connectivity index is 1.71. The molecule has 2 aromatic carbocycles. The Morgan fingerprint density at radius 1 is 1.13 bits per heavy atom. The molecule has 1 fully saturated rings. The molecule has 1 saturated heterocycles. The Kier molecular flexibility index (Phi) is 5.48. The molecule has 0 bridgehead atoms. The number of hydrogen-bond acceptors (Lipinski definition) is 6. The first-order chi connectivity index (χ1) is 14.3. The maximum absolute atomic E-state index is 13.4. The average molecular weight is 460 g/mol. The number of anilines is 2. The summed E-state index contributed by atoms with van der Waals surface area (Å²) < 4.78 is 0.238. The van der Waals surface area contributed by atoms with Gasteiger partial charge in [-0.3, -0.25) is 9.69 Å². The third-order valence-corrected chi connectivity index (χ3v) is 6.78. The summed E-state index contributed by atoms with van der Waals surface area (Å²) in [5.74, 6) is -0.846. The lowest BCUT2D eigenvalue weighted by Crippen LogP contribution is -2.45. The number of carboxylic acids is 1. The molecule has 1 N–H and O–H groups in total. The van der Waals surface area contributed by atoms with E-state index in [1.165, 1.54) is 4.90 Å². The van der Waals surface area contributed by atoms with Crippen LogP contribution >= 0.6 is 35.6 Å². The topological polar surface area (TPSA) is 64.1 Å². The van der Waals surface area contributed by atoms with Crippen molar-refractivity contribution in [3.8, 4) is 0 Å². The second kappa shape index (κ2) is 7.94. The van der Waals surface area contributed by atoms with Gasteiger partial charge in [-0.2, -0.15) is 0 Å². The smallest absolute Gasteiger partial charge is 0.327 e. The first-order valence-corrected chi connectivity index (χ1v) is 10.7. The maximum Gasteiger partial charge on any atom is 0.327 e. The number of thioether (sulfide) groups is 1. The Labute approximate surface area is 188 Å². The van der Waals surface area contributed by atoms with Crippen molar-refractivity contribution in [1.82, 2.24) is 4.90 Å². The molecule has 0 aliphatic carbocycles. The second-order valence-corrected chi connectivity index (χ2v) is 9.07. The molecule has 4 rings (SSSR count). The summed E-state index contributed by atoms with van der Waals surface area (Å²) in [5, 5.41) is 10.4. The molecule has 2 heterocycles. The van der Waals surface area contributed by atoms with Crippen molar-refractivity contribution in [3.05, 3.63) is 69.8 Å². The van der Waals surface area contributed by atoms with E-state index in [-0.39, 0.29) is 10.7 Å². The van der Waals surface area contributed by atoms with Gasteiger partial charge < -0.3 is 14.9 Å². The zero-order valence-corrected chi connectivity index (χ0v) is 18.6. The van der Waals surface area contributed by atoms with Crippen molar-refractivity contribution >= 4 is 63.2 Å². The lowest BCUT2D eigenvalue weighted by Gasteiger charge is -2.24. The summed E-state index contributed by atoms with van der Waals surface area (Å²) in [4.78, 5) is 30.8. The fraction of sp³-hybridized carbons (Fsp3) is 0.190. The van der Waals surface area contributed by atoms with Crippen LogP contribution in [0.5, 0.6) is 0 Å². The largest absolute Gasteiger partial charge is 0.480 e. The zero-order valence-electron chi connectivity index (χ0n) is 16.2. The Morgan fingerprint density at radius 2 is 1.80 bits per heavy atom. The summed E-state index contributed by atoms with van der Waals surface area (Å²) in [5.41, 5.74) is 2.59. The van der Waals surface area contributed by atoms with Crippen LogP contribution in [0.4, 0.5) is 11.4 Å². The minimum atomic E-state index is -1.09. The van der Waals surface area contributed by atoms with Crippen molar-refractivity contribution in [2.45, 2.75) is 12.5 Å². The number of benzene rings is 2. The average Bonchev–Trinajstić information content (AvgIpc) is 3.13. The van der Waals surface area contributed by atoms with E-state index in [0.717, 1.165) is 28.7 Å². The summed E-state index contributed by atoms with van der Waals surface area (Å²) >= 11 is 12.7. The van der Waals surface area contributed by atoms with E-state index in [4.69, 9.17) is 23.8 Å². The number of carboxylic acid groups (broad SMARTS) is 1. The predicted octanol–water partition coefficient (Wildman–Crippen LogP) is 3.95. The molecule has 9 heteroatoms. The highest BCUT2D eigenvalue weighted by Gasteiger charge is 2.44. The van der Waals surface area contributed by atoms with Crippen molar-refractivity contribution in [2.24, 2.45) is 0 Å². The van der Waals surface area contributed by atoms with Gasteiger partial charge in [0.2, 0.25) is 0 Å². The van der Waals surface area contributed by atoms with Gasteiger partial charge in [0.05, 0.1) is 11.4 Å². The number of hydrogen-bond donors (Lipinski definition) is 1. The Morgan fingerprint density at radius 3 is 2.47 bits per heavy atom. The fourth-order valence-electron chi connectivity index (χ4n) is 3.72. The van der Waals surface area contributed by atoms with Crippen molar-refractivity contribution in [1.29, 1.82) is 0 Å². The summed E-state index contributed by atoms with van der Waals surface area (Å²) in [6.07, 6.45) is 0.173. The molecule has 30 heavy (non-hydrogen) atoms. The molecular formula is C21H18ClN3O3S2. The minimum absolute atomic E-state index is 0.173. The molecule has 1 amide bonds. The van der Waals surface area contributed by atoms with Gasteiger partial charge in [-0.1, -0.05) is 65.9 Å². The third-order valence-electron chi connectivity index (χ3n) is 5.17. The van der Waals surface area contributed by atoms with Crippen LogP contribution < -0.4 is 9.80 Å². The number of rotatable bonds is 4. The first kappa shape index (κ1) is 20.7. The van der Waals surface area contributed by atoms with Gasteiger partial charge in [-0.25, -0.2) is 4.79 Å². The van der Waals surface area contributed by atoms with Gasteiger partial charge in [0.15, 0.2) is 0 Å². The van der Waals surface area contributed by atoms with E-state index < -0.39 is 17.9 Å². The molecule has 2 aliphatic rings. The Hall–Kier alpha value is -2.55. The van der Waals surface area contributed by atoms with Gasteiger partial charge in [0.1, 0.15) is 21.1 Å². The molecule has 0 spiro atoms. The number of amides is 1. The second-order valence-electron chi connectivity index (χ2n) is 6.99. The molecule has 0 aromatic heterocycles. The number of carbonyl (C=O) groups excluding carboxylic acids is 1. The lowest BCUT2D eigenvalue weighted by molar-refractivity contribution is -0.145. The normalized spacial score (nSPS) is 19.5.